The number of rotatable bonds is 4. The molecule has 0 unspecified atom stereocenters. The minimum Gasteiger partial charge on any atom is -0.342 e. The molecule has 116 valence electrons. The molecule has 20 heavy (non-hydrogen) atoms. The molecule has 2 aliphatic heterocycles. The fourth-order valence-electron chi connectivity index (χ4n) is 3.67. The molecule has 4 heteroatoms. The third-order valence-electron chi connectivity index (χ3n) is 4.97. The normalized spacial score (nSPS) is 29.4. The summed E-state index contributed by atoms with van der Waals surface area (Å²) in [5.41, 5.74) is 0. The van der Waals surface area contributed by atoms with Crippen molar-refractivity contribution in [3.63, 3.8) is 0 Å². The molecule has 0 saturated carbocycles. The van der Waals surface area contributed by atoms with Crippen LogP contribution in [0.5, 0.6) is 0 Å². The molecule has 0 aromatic heterocycles. The smallest absolute Gasteiger partial charge is 0.225 e. The van der Waals surface area contributed by atoms with E-state index in [4.69, 9.17) is 0 Å². The number of nitrogens with one attached hydrogen (secondary N) is 1. The second-order valence-corrected chi connectivity index (χ2v) is 6.60. The molecule has 2 fully saturated rings. The number of carbonyl (C=O) groups is 1. The van der Waals surface area contributed by atoms with Crippen LogP contribution in [0.15, 0.2) is 0 Å². The molecule has 0 radical (unpaired) electrons. The number of amides is 1. The zero-order valence-corrected chi connectivity index (χ0v) is 13.4. The van der Waals surface area contributed by atoms with Crippen LogP contribution in [0, 0.1) is 5.92 Å². The summed E-state index contributed by atoms with van der Waals surface area (Å²) < 4.78 is 0. The van der Waals surface area contributed by atoms with Crippen molar-refractivity contribution in [1.29, 1.82) is 0 Å². The average Bonchev–Trinajstić information content (AvgIpc) is 2.47. The fourth-order valence-corrected chi connectivity index (χ4v) is 3.67. The standard InChI is InChI=1S/C16H31N3O/c1-4-9-19-10-6-15(7-11-19)18(3)16(20)14-5-8-17-13(2)12-14/h13-15,17H,4-12H2,1-3H3/t13-,14-/m0/s1. The van der Waals surface area contributed by atoms with Gasteiger partial charge in [-0.3, -0.25) is 4.79 Å². The highest BCUT2D eigenvalue weighted by molar-refractivity contribution is 5.79. The molecule has 2 aliphatic rings. The van der Waals surface area contributed by atoms with Crippen molar-refractivity contribution in [2.24, 2.45) is 5.92 Å². The van der Waals surface area contributed by atoms with Gasteiger partial charge in [-0.1, -0.05) is 6.92 Å². The maximum absolute atomic E-state index is 12.6. The van der Waals surface area contributed by atoms with Crippen molar-refractivity contribution in [3.8, 4) is 0 Å². The lowest BCUT2D eigenvalue weighted by atomic mass is 9.91. The molecule has 0 aromatic rings. The van der Waals surface area contributed by atoms with Crippen molar-refractivity contribution in [3.05, 3.63) is 0 Å². The van der Waals surface area contributed by atoms with Gasteiger partial charge in [0.05, 0.1) is 0 Å². The summed E-state index contributed by atoms with van der Waals surface area (Å²) >= 11 is 0. The fraction of sp³-hybridized carbons (Fsp3) is 0.938. The van der Waals surface area contributed by atoms with Gasteiger partial charge in [0.25, 0.3) is 0 Å². The molecule has 2 atom stereocenters. The van der Waals surface area contributed by atoms with Crippen LogP contribution in [-0.4, -0.2) is 61.0 Å². The molecular formula is C16H31N3O. The van der Waals surface area contributed by atoms with Gasteiger partial charge in [-0.05, 0) is 52.1 Å². The average molecular weight is 281 g/mol. The predicted octanol–water partition coefficient (Wildman–Crippen LogP) is 1.71. The first kappa shape index (κ1) is 15.8. The Morgan fingerprint density at radius 1 is 1.30 bits per heavy atom. The second kappa shape index (κ2) is 7.41. The lowest BCUT2D eigenvalue weighted by Gasteiger charge is -2.39. The number of hydrogen-bond acceptors (Lipinski definition) is 3. The van der Waals surface area contributed by atoms with E-state index in [1.165, 1.54) is 13.0 Å². The van der Waals surface area contributed by atoms with E-state index < -0.39 is 0 Å². The van der Waals surface area contributed by atoms with E-state index in [1.807, 2.05) is 7.05 Å². The van der Waals surface area contributed by atoms with Crippen molar-refractivity contribution in [2.45, 2.75) is 58.0 Å². The SMILES string of the molecule is CCCN1CCC(N(C)C(=O)[C@H]2CCN[C@@H](C)C2)CC1. The molecule has 0 aliphatic carbocycles. The Balaban J connectivity index is 1.82. The van der Waals surface area contributed by atoms with Crippen LogP contribution in [0.3, 0.4) is 0 Å². The Bertz CT molecular complexity index is 313. The van der Waals surface area contributed by atoms with Gasteiger partial charge in [0.2, 0.25) is 5.91 Å². The number of carbonyl (C=O) groups excluding carboxylic acids is 1. The molecule has 2 rings (SSSR count). The lowest BCUT2D eigenvalue weighted by molar-refractivity contribution is -0.138. The Labute approximate surface area is 123 Å². The monoisotopic (exact) mass is 281 g/mol. The van der Waals surface area contributed by atoms with E-state index in [0.717, 1.165) is 45.3 Å². The first-order chi connectivity index (χ1) is 9.61. The van der Waals surface area contributed by atoms with Crippen LogP contribution in [0.4, 0.5) is 0 Å². The molecule has 4 nitrogen and oxygen atoms in total. The molecule has 1 N–H and O–H groups in total. The van der Waals surface area contributed by atoms with Crippen LogP contribution in [0.1, 0.15) is 46.0 Å². The maximum Gasteiger partial charge on any atom is 0.225 e. The first-order valence-corrected chi connectivity index (χ1v) is 8.34. The van der Waals surface area contributed by atoms with Crippen molar-refractivity contribution in [2.75, 3.05) is 33.2 Å². The van der Waals surface area contributed by atoms with Gasteiger partial charge in [0.15, 0.2) is 0 Å². The minimum atomic E-state index is 0.241. The van der Waals surface area contributed by atoms with Crippen LogP contribution >= 0.6 is 0 Å². The highest BCUT2D eigenvalue weighted by atomic mass is 16.2. The Morgan fingerprint density at radius 3 is 2.60 bits per heavy atom. The molecular weight excluding hydrogens is 250 g/mol. The van der Waals surface area contributed by atoms with Gasteiger partial charge in [0, 0.05) is 38.1 Å². The van der Waals surface area contributed by atoms with Crippen LogP contribution in [0.2, 0.25) is 0 Å². The number of piperidine rings is 2. The van der Waals surface area contributed by atoms with Crippen LogP contribution in [-0.2, 0) is 4.79 Å². The summed E-state index contributed by atoms with van der Waals surface area (Å²) in [5.74, 6) is 0.622. The summed E-state index contributed by atoms with van der Waals surface area (Å²) in [4.78, 5) is 17.2. The van der Waals surface area contributed by atoms with E-state index in [9.17, 15) is 4.79 Å². The largest absolute Gasteiger partial charge is 0.342 e. The second-order valence-electron chi connectivity index (χ2n) is 6.60. The Kier molecular flexibility index (Phi) is 5.85. The number of hydrogen-bond donors (Lipinski definition) is 1. The predicted molar refractivity (Wildman–Crippen MR) is 82.7 cm³/mol. The van der Waals surface area contributed by atoms with Crippen molar-refractivity contribution < 1.29 is 4.79 Å². The van der Waals surface area contributed by atoms with Gasteiger partial charge >= 0.3 is 0 Å². The van der Waals surface area contributed by atoms with Crippen molar-refractivity contribution >= 4 is 5.91 Å². The zero-order chi connectivity index (χ0) is 14.5. The molecule has 0 aromatic carbocycles. The van der Waals surface area contributed by atoms with E-state index >= 15 is 0 Å². The third-order valence-corrected chi connectivity index (χ3v) is 4.97. The molecule has 2 saturated heterocycles. The summed E-state index contributed by atoms with van der Waals surface area (Å²) in [5, 5.41) is 3.43. The van der Waals surface area contributed by atoms with Gasteiger partial charge in [-0.25, -0.2) is 0 Å². The van der Waals surface area contributed by atoms with Crippen molar-refractivity contribution in [1.82, 2.24) is 15.1 Å². The van der Waals surface area contributed by atoms with Crippen LogP contribution < -0.4 is 5.32 Å². The molecule has 1 amide bonds. The quantitative estimate of drug-likeness (QED) is 0.852. The van der Waals surface area contributed by atoms with Gasteiger partial charge in [0.1, 0.15) is 0 Å². The summed E-state index contributed by atoms with van der Waals surface area (Å²) in [6.07, 6.45) is 5.51. The molecule has 0 spiro atoms. The summed E-state index contributed by atoms with van der Waals surface area (Å²) in [7, 11) is 2.02. The topological polar surface area (TPSA) is 35.6 Å². The maximum atomic E-state index is 12.6. The lowest BCUT2D eigenvalue weighted by Crippen LogP contribution is -2.49. The Morgan fingerprint density at radius 2 is 2.00 bits per heavy atom. The summed E-state index contributed by atoms with van der Waals surface area (Å²) in [6.45, 7) is 8.91. The van der Waals surface area contributed by atoms with Gasteiger partial charge in [-0.2, -0.15) is 0 Å². The van der Waals surface area contributed by atoms with Gasteiger partial charge < -0.3 is 15.1 Å². The van der Waals surface area contributed by atoms with Crippen LogP contribution in [0.25, 0.3) is 0 Å². The highest BCUT2D eigenvalue weighted by Gasteiger charge is 2.31. The first-order valence-electron chi connectivity index (χ1n) is 8.34. The number of nitrogens with zero attached hydrogens (tertiary/aromatic N) is 2. The molecule has 0 bridgehead atoms. The van der Waals surface area contributed by atoms with E-state index in [1.54, 1.807) is 0 Å². The number of likely N-dealkylation sites (tertiary alicyclic amines) is 1. The summed E-state index contributed by atoms with van der Waals surface area (Å²) in [6, 6.07) is 0.943. The minimum absolute atomic E-state index is 0.241. The third kappa shape index (κ3) is 3.95. The van der Waals surface area contributed by atoms with E-state index in [0.29, 0.717) is 18.0 Å². The van der Waals surface area contributed by atoms with E-state index in [2.05, 4.69) is 29.0 Å². The van der Waals surface area contributed by atoms with Gasteiger partial charge in [-0.15, -0.1) is 0 Å². The van der Waals surface area contributed by atoms with E-state index in [-0.39, 0.29) is 5.92 Å². The molecule has 2 heterocycles. The zero-order valence-electron chi connectivity index (χ0n) is 13.4. The highest BCUT2D eigenvalue weighted by Crippen LogP contribution is 2.22. The Hall–Kier alpha value is -0.610.